The number of halogens is 1. The molecule has 4 heterocycles. The van der Waals surface area contributed by atoms with Crippen LogP contribution in [0.5, 0.6) is 0 Å². The molecule has 1 saturated heterocycles. The number of likely N-dealkylation sites (tertiary alicyclic amines) is 1. The maximum absolute atomic E-state index is 13.6. The molecule has 0 radical (unpaired) electrons. The molecule has 5 rings (SSSR count). The first-order valence-corrected chi connectivity index (χ1v) is 13.0. The number of hydrogen-bond donors (Lipinski definition) is 1. The maximum atomic E-state index is 13.6. The van der Waals surface area contributed by atoms with Gasteiger partial charge in [-0.25, -0.2) is 4.79 Å². The normalized spacial score (nSPS) is 19.1. The highest BCUT2D eigenvalue weighted by molar-refractivity contribution is 9.10. The number of aliphatic hydroxyl groups excluding tert-OH is 1. The second-order valence-electron chi connectivity index (χ2n) is 8.43. The molecule has 1 N–H and O–H groups in total. The van der Waals surface area contributed by atoms with Crippen LogP contribution in [-0.2, 0) is 9.53 Å². The van der Waals surface area contributed by atoms with Crippen LogP contribution in [0.1, 0.15) is 41.2 Å². The Kier molecular flexibility index (Phi) is 6.41. The Labute approximate surface area is 213 Å². The molecule has 0 spiro atoms. The van der Waals surface area contributed by atoms with Gasteiger partial charge in [0.1, 0.15) is 11.6 Å². The zero-order valence-electron chi connectivity index (χ0n) is 18.9. The van der Waals surface area contributed by atoms with Gasteiger partial charge in [-0.05, 0) is 55.5 Å². The Morgan fingerprint density at radius 3 is 2.69 bits per heavy atom. The summed E-state index contributed by atoms with van der Waals surface area (Å²) in [6, 6.07) is 9.75. The molecule has 35 heavy (non-hydrogen) atoms. The average Bonchev–Trinajstić information content (AvgIpc) is 3.58. The zero-order chi connectivity index (χ0) is 24.7. The van der Waals surface area contributed by atoms with Crippen LogP contribution >= 0.6 is 27.3 Å². The van der Waals surface area contributed by atoms with Crippen molar-refractivity contribution in [3.8, 4) is 0 Å². The summed E-state index contributed by atoms with van der Waals surface area (Å²) in [6.45, 7) is 2.90. The van der Waals surface area contributed by atoms with E-state index in [0.717, 1.165) is 14.7 Å². The summed E-state index contributed by atoms with van der Waals surface area (Å²) in [7, 11) is 0. The van der Waals surface area contributed by atoms with Crippen LogP contribution in [0.15, 0.2) is 62.0 Å². The first kappa shape index (κ1) is 23.6. The van der Waals surface area contributed by atoms with Gasteiger partial charge in [0.15, 0.2) is 11.5 Å². The van der Waals surface area contributed by atoms with Crippen molar-refractivity contribution in [3.63, 3.8) is 0 Å². The molecule has 182 valence electrons. The molecule has 2 aliphatic rings. The number of Topliss-reactive ketones (excluding diaryl/α,β-unsaturated/α-hetero) is 1. The van der Waals surface area contributed by atoms with E-state index in [2.05, 4.69) is 15.9 Å². The third-order valence-electron chi connectivity index (χ3n) is 6.39. The first-order valence-electron chi connectivity index (χ1n) is 11.3. The molecule has 2 amide bonds. The van der Waals surface area contributed by atoms with E-state index in [4.69, 9.17) is 9.15 Å². The van der Waals surface area contributed by atoms with Crippen molar-refractivity contribution in [2.24, 2.45) is 0 Å². The van der Waals surface area contributed by atoms with E-state index in [9.17, 15) is 19.5 Å². The smallest absolute Gasteiger partial charge is 0.409 e. The number of thiophene rings is 1. The number of furan rings is 1. The van der Waals surface area contributed by atoms with Crippen molar-refractivity contribution in [1.82, 2.24) is 9.80 Å². The molecule has 3 aromatic rings. The Hall–Kier alpha value is -3.11. The number of nitrogens with zero attached hydrogens (tertiary/aromatic N) is 2. The van der Waals surface area contributed by atoms with Gasteiger partial charge in [0.05, 0.1) is 12.2 Å². The van der Waals surface area contributed by atoms with Crippen molar-refractivity contribution in [2.45, 2.75) is 31.8 Å². The first-order chi connectivity index (χ1) is 16.9. The Bertz CT molecular complexity index is 1320. The molecule has 1 fully saturated rings. The Morgan fingerprint density at radius 1 is 1.23 bits per heavy atom. The lowest BCUT2D eigenvalue weighted by Gasteiger charge is -2.39. The topological polar surface area (TPSA) is 100 Å². The van der Waals surface area contributed by atoms with E-state index < -0.39 is 23.5 Å². The highest BCUT2D eigenvalue weighted by atomic mass is 79.9. The summed E-state index contributed by atoms with van der Waals surface area (Å²) in [4.78, 5) is 43.0. The molecule has 0 aliphatic carbocycles. The lowest BCUT2D eigenvalue weighted by molar-refractivity contribution is -0.132. The summed E-state index contributed by atoms with van der Waals surface area (Å²) < 4.78 is 11.7. The van der Waals surface area contributed by atoms with Gasteiger partial charge in [0.2, 0.25) is 5.78 Å². The molecule has 1 aromatic carbocycles. The average molecular weight is 559 g/mol. The van der Waals surface area contributed by atoms with E-state index in [1.54, 1.807) is 28.9 Å². The van der Waals surface area contributed by atoms with E-state index in [1.165, 1.54) is 11.3 Å². The van der Waals surface area contributed by atoms with Gasteiger partial charge in [-0.15, -0.1) is 11.3 Å². The third kappa shape index (κ3) is 4.25. The number of carbonyl (C=O) groups is 3. The maximum Gasteiger partial charge on any atom is 0.409 e. The van der Waals surface area contributed by atoms with Gasteiger partial charge in [-0.1, -0.05) is 22.0 Å². The van der Waals surface area contributed by atoms with E-state index in [0.29, 0.717) is 38.1 Å². The van der Waals surface area contributed by atoms with Gasteiger partial charge < -0.3 is 24.1 Å². The lowest BCUT2D eigenvalue weighted by Crippen LogP contribution is -2.48. The molecule has 8 nitrogen and oxygen atoms in total. The van der Waals surface area contributed by atoms with E-state index >= 15 is 0 Å². The van der Waals surface area contributed by atoms with Crippen LogP contribution in [0.25, 0.3) is 11.0 Å². The summed E-state index contributed by atoms with van der Waals surface area (Å²) in [5.41, 5.74) is 0.556. The minimum atomic E-state index is -0.728. The van der Waals surface area contributed by atoms with E-state index in [-0.39, 0.29) is 23.5 Å². The van der Waals surface area contributed by atoms with Crippen LogP contribution in [0.4, 0.5) is 4.79 Å². The Morgan fingerprint density at radius 2 is 2.00 bits per heavy atom. The van der Waals surface area contributed by atoms with Crippen molar-refractivity contribution >= 4 is 56.0 Å². The Balaban J connectivity index is 1.46. The van der Waals surface area contributed by atoms with Gasteiger partial charge >= 0.3 is 6.09 Å². The number of benzene rings is 1. The standard InChI is InChI=1S/C25H23BrN2O6S/c1-2-33-25(32)27-9-7-16(8-10-27)28-21(19-4-3-11-35-19)20(23(30)24(28)31)22(29)18-13-14-12-15(26)5-6-17(14)34-18/h3-6,11-13,16,21,30H,2,7-10H2,1H3. The predicted molar refractivity (Wildman–Crippen MR) is 133 cm³/mol. The van der Waals surface area contributed by atoms with Gasteiger partial charge in [-0.2, -0.15) is 0 Å². The number of fused-ring (bicyclic) bond motifs is 1. The summed E-state index contributed by atoms with van der Waals surface area (Å²) >= 11 is 4.83. The third-order valence-corrected chi connectivity index (χ3v) is 7.81. The van der Waals surface area contributed by atoms with Crippen molar-refractivity contribution < 1.29 is 28.6 Å². The molecule has 10 heteroatoms. The van der Waals surface area contributed by atoms with Gasteiger partial charge in [0, 0.05) is 33.9 Å². The van der Waals surface area contributed by atoms with Crippen LogP contribution in [0, 0.1) is 0 Å². The highest BCUT2D eigenvalue weighted by Gasteiger charge is 2.48. The van der Waals surface area contributed by atoms with Crippen LogP contribution in [0.3, 0.4) is 0 Å². The lowest BCUT2D eigenvalue weighted by atomic mass is 9.97. The number of aliphatic hydroxyl groups is 1. The fourth-order valence-electron chi connectivity index (χ4n) is 4.76. The fraction of sp³-hybridized carbons (Fsp3) is 0.320. The summed E-state index contributed by atoms with van der Waals surface area (Å²) in [6.07, 6.45) is 0.654. The van der Waals surface area contributed by atoms with Crippen LogP contribution in [-0.4, -0.2) is 58.4 Å². The summed E-state index contributed by atoms with van der Waals surface area (Å²) in [5.74, 6) is -1.59. The monoisotopic (exact) mass is 558 g/mol. The number of piperidine rings is 1. The minimum Gasteiger partial charge on any atom is -0.503 e. The zero-order valence-corrected chi connectivity index (χ0v) is 21.3. The highest BCUT2D eigenvalue weighted by Crippen LogP contribution is 2.44. The molecule has 2 aliphatic heterocycles. The molecule has 0 saturated carbocycles. The second kappa shape index (κ2) is 9.50. The number of amides is 2. The molecule has 2 aromatic heterocycles. The van der Waals surface area contributed by atoms with Crippen molar-refractivity contribution in [3.05, 3.63) is 68.2 Å². The molecular weight excluding hydrogens is 536 g/mol. The quantitative estimate of drug-likeness (QED) is 0.417. The predicted octanol–water partition coefficient (Wildman–Crippen LogP) is 5.46. The summed E-state index contributed by atoms with van der Waals surface area (Å²) in [5, 5.41) is 13.5. The molecule has 0 bridgehead atoms. The van der Waals surface area contributed by atoms with Crippen molar-refractivity contribution in [2.75, 3.05) is 19.7 Å². The molecular formula is C25H23BrN2O6S. The van der Waals surface area contributed by atoms with Crippen LogP contribution in [0.2, 0.25) is 0 Å². The number of ketones is 1. The number of hydrogen-bond acceptors (Lipinski definition) is 7. The second-order valence-corrected chi connectivity index (χ2v) is 10.3. The van der Waals surface area contributed by atoms with Gasteiger partial charge in [-0.3, -0.25) is 9.59 Å². The van der Waals surface area contributed by atoms with Crippen LogP contribution < -0.4 is 0 Å². The van der Waals surface area contributed by atoms with Gasteiger partial charge in [0.25, 0.3) is 5.91 Å². The minimum absolute atomic E-state index is 0.0170. The number of rotatable bonds is 5. The molecule has 1 atom stereocenters. The van der Waals surface area contributed by atoms with Crippen molar-refractivity contribution in [1.29, 1.82) is 0 Å². The largest absolute Gasteiger partial charge is 0.503 e. The number of carbonyl (C=O) groups excluding carboxylic acids is 3. The molecule has 1 unspecified atom stereocenters. The van der Waals surface area contributed by atoms with E-state index in [1.807, 2.05) is 29.6 Å². The SMILES string of the molecule is CCOC(=O)N1CCC(N2C(=O)C(O)=C(C(=O)c3cc4cc(Br)ccc4o3)C2c2cccs2)CC1. The fourth-order valence-corrected chi connectivity index (χ4v) is 5.97. The number of ether oxygens (including phenoxy) is 1.